The van der Waals surface area contributed by atoms with E-state index in [2.05, 4.69) is 10.3 Å². The average molecular weight is 391 g/mol. The smallest absolute Gasteiger partial charge is 0.326 e. The summed E-state index contributed by atoms with van der Waals surface area (Å²) in [4.78, 5) is 42.8. The number of aryl methyl sites for hydroxylation is 2. The van der Waals surface area contributed by atoms with Gasteiger partial charge in [0.2, 0.25) is 0 Å². The molecular formula is C19H25N3O4S. The minimum Gasteiger partial charge on any atom is -0.480 e. The third-order valence-electron chi connectivity index (χ3n) is 5.38. The van der Waals surface area contributed by atoms with E-state index in [9.17, 15) is 19.5 Å². The summed E-state index contributed by atoms with van der Waals surface area (Å²) in [5.41, 5.74) is 0.485. The number of aliphatic carboxylic acids is 1. The highest BCUT2D eigenvalue weighted by molar-refractivity contribution is 7.20. The quantitative estimate of drug-likeness (QED) is 0.816. The maximum absolute atomic E-state index is 13.0. The molecule has 2 aromatic rings. The summed E-state index contributed by atoms with van der Waals surface area (Å²) >= 11 is 1.17. The van der Waals surface area contributed by atoms with Gasteiger partial charge in [0, 0.05) is 13.0 Å². The van der Waals surface area contributed by atoms with E-state index in [1.165, 1.54) is 11.3 Å². The van der Waals surface area contributed by atoms with E-state index in [4.69, 9.17) is 0 Å². The van der Waals surface area contributed by atoms with E-state index in [-0.39, 0.29) is 11.5 Å². The first-order valence-corrected chi connectivity index (χ1v) is 10.2. The molecular weight excluding hydrogens is 366 g/mol. The maximum Gasteiger partial charge on any atom is 0.326 e. The molecule has 0 aromatic carbocycles. The number of aromatic nitrogens is 2. The highest BCUT2D eigenvalue weighted by Gasteiger charge is 2.28. The average Bonchev–Trinajstić information content (AvgIpc) is 2.81. The number of hydrogen-bond acceptors (Lipinski definition) is 5. The summed E-state index contributed by atoms with van der Waals surface area (Å²) in [6.45, 7) is 6.07. The number of fused-ring (bicyclic) bond motifs is 2. The van der Waals surface area contributed by atoms with Gasteiger partial charge < -0.3 is 10.4 Å². The van der Waals surface area contributed by atoms with Gasteiger partial charge in [0.15, 0.2) is 0 Å². The molecule has 1 aliphatic heterocycles. The molecule has 27 heavy (non-hydrogen) atoms. The Bertz CT molecular complexity index is 947. The Morgan fingerprint density at radius 2 is 2.07 bits per heavy atom. The Labute approximate surface area is 161 Å². The van der Waals surface area contributed by atoms with Crippen LogP contribution in [-0.2, 0) is 17.8 Å². The summed E-state index contributed by atoms with van der Waals surface area (Å²) in [5.74, 6) is -0.925. The number of thiophene rings is 1. The van der Waals surface area contributed by atoms with Crippen molar-refractivity contribution in [2.75, 3.05) is 0 Å². The fourth-order valence-corrected chi connectivity index (χ4v) is 4.61. The summed E-state index contributed by atoms with van der Waals surface area (Å²) in [6, 6.07) is -0.960. The van der Waals surface area contributed by atoms with Gasteiger partial charge in [0.25, 0.3) is 11.5 Å². The minimum atomic E-state index is -1.05. The molecule has 0 bridgehead atoms. The number of rotatable bonds is 5. The van der Waals surface area contributed by atoms with Crippen LogP contribution < -0.4 is 10.9 Å². The van der Waals surface area contributed by atoms with Crippen LogP contribution in [-0.4, -0.2) is 32.6 Å². The zero-order valence-electron chi connectivity index (χ0n) is 15.9. The van der Waals surface area contributed by atoms with E-state index in [0.717, 1.165) is 31.5 Å². The summed E-state index contributed by atoms with van der Waals surface area (Å²) in [7, 11) is 0. The predicted octanol–water partition coefficient (Wildman–Crippen LogP) is 2.72. The second-order valence-electron chi connectivity index (χ2n) is 7.21. The van der Waals surface area contributed by atoms with Crippen molar-refractivity contribution in [2.24, 2.45) is 5.92 Å². The topological polar surface area (TPSA) is 101 Å². The Morgan fingerprint density at radius 1 is 1.33 bits per heavy atom. The normalized spacial score (nSPS) is 16.4. The van der Waals surface area contributed by atoms with Crippen LogP contribution in [0.15, 0.2) is 4.79 Å². The van der Waals surface area contributed by atoms with Crippen LogP contribution in [0.1, 0.15) is 60.6 Å². The largest absolute Gasteiger partial charge is 0.480 e. The second-order valence-corrected chi connectivity index (χ2v) is 8.21. The Morgan fingerprint density at radius 3 is 2.74 bits per heavy atom. The Balaban J connectivity index is 2.02. The summed E-state index contributed by atoms with van der Waals surface area (Å²) < 4.78 is 1.73. The van der Waals surface area contributed by atoms with E-state index in [0.29, 0.717) is 33.6 Å². The summed E-state index contributed by atoms with van der Waals surface area (Å²) in [6.07, 6.45) is 4.43. The van der Waals surface area contributed by atoms with Crippen LogP contribution in [0, 0.1) is 12.8 Å². The van der Waals surface area contributed by atoms with Crippen LogP contribution in [0.2, 0.25) is 0 Å². The molecule has 2 unspecified atom stereocenters. The van der Waals surface area contributed by atoms with Crippen molar-refractivity contribution in [3.8, 4) is 0 Å². The number of carboxylic acids is 1. The van der Waals surface area contributed by atoms with Crippen LogP contribution in [0.3, 0.4) is 0 Å². The summed E-state index contributed by atoms with van der Waals surface area (Å²) in [5, 5.41) is 12.5. The van der Waals surface area contributed by atoms with E-state index < -0.39 is 17.9 Å². The zero-order valence-corrected chi connectivity index (χ0v) is 16.7. The minimum absolute atomic E-state index is 0.0959. The molecule has 0 saturated carbocycles. The number of carbonyl (C=O) groups is 2. The van der Waals surface area contributed by atoms with Crippen LogP contribution in [0.25, 0.3) is 10.2 Å². The van der Waals surface area contributed by atoms with Crippen LogP contribution >= 0.6 is 11.3 Å². The van der Waals surface area contributed by atoms with Gasteiger partial charge in [-0.2, -0.15) is 0 Å². The highest BCUT2D eigenvalue weighted by Crippen LogP contribution is 2.28. The lowest BCUT2D eigenvalue weighted by molar-refractivity contribution is -0.140. The third-order valence-corrected chi connectivity index (χ3v) is 6.57. The third kappa shape index (κ3) is 3.63. The first kappa shape index (κ1) is 19.5. The van der Waals surface area contributed by atoms with Crippen molar-refractivity contribution < 1.29 is 14.7 Å². The zero-order chi connectivity index (χ0) is 19.7. The van der Waals surface area contributed by atoms with Crippen molar-refractivity contribution in [3.63, 3.8) is 0 Å². The van der Waals surface area contributed by atoms with E-state index >= 15 is 0 Å². The van der Waals surface area contributed by atoms with Gasteiger partial charge in [-0.05, 0) is 31.2 Å². The number of carbonyl (C=O) groups excluding carboxylic acids is 1. The number of amides is 1. The molecule has 2 aromatic heterocycles. The lowest BCUT2D eigenvalue weighted by Crippen LogP contribution is -2.44. The van der Waals surface area contributed by atoms with Gasteiger partial charge in [0.05, 0.1) is 10.3 Å². The van der Waals surface area contributed by atoms with Crippen LogP contribution in [0.5, 0.6) is 0 Å². The number of nitrogens with one attached hydrogen (secondary N) is 1. The van der Waals surface area contributed by atoms with Crippen molar-refractivity contribution in [3.05, 3.63) is 26.6 Å². The molecule has 8 heteroatoms. The van der Waals surface area contributed by atoms with Gasteiger partial charge in [-0.15, -0.1) is 11.3 Å². The molecule has 146 valence electrons. The molecule has 0 spiro atoms. The first-order valence-electron chi connectivity index (χ1n) is 9.41. The molecule has 3 rings (SSSR count). The van der Waals surface area contributed by atoms with Gasteiger partial charge in [0.1, 0.15) is 16.7 Å². The lowest BCUT2D eigenvalue weighted by Gasteiger charge is -2.19. The number of nitrogens with zero attached hydrogens (tertiary/aromatic N) is 2. The monoisotopic (exact) mass is 391 g/mol. The lowest BCUT2D eigenvalue weighted by atomic mass is 9.99. The fourth-order valence-electron chi connectivity index (χ4n) is 3.52. The van der Waals surface area contributed by atoms with Gasteiger partial charge in [-0.1, -0.05) is 26.7 Å². The highest BCUT2D eigenvalue weighted by atomic mass is 32.1. The van der Waals surface area contributed by atoms with Gasteiger partial charge in [-0.25, -0.2) is 9.78 Å². The molecule has 2 atom stereocenters. The van der Waals surface area contributed by atoms with Gasteiger partial charge in [-0.3, -0.25) is 14.2 Å². The number of carboxylic acid groups (broad SMARTS) is 1. The Hall–Kier alpha value is -2.22. The molecule has 1 aliphatic rings. The van der Waals surface area contributed by atoms with Crippen molar-refractivity contribution in [1.29, 1.82) is 0 Å². The van der Waals surface area contributed by atoms with E-state index in [1.54, 1.807) is 18.4 Å². The van der Waals surface area contributed by atoms with Crippen molar-refractivity contribution in [1.82, 2.24) is 14.9 Å². The second kappa shape index (κ2) is 7.80. The molecule has 1 amide bonds. The standard InChI is InChI=1S/C19H25N3O4S/c1-4-10(2)14(19(25)26)21-16(23)15-11(3)13-17(27-15)20-12-8-6-5-7-9-22(12)18(13)24/h10,14H,4-9H2,1-3H3,(H,21,23)(H,25,26). The predicted molar refractivity (Wildman–Crippen MR) is 105 cm³/mol. The molecule has 0 radical (unpaired) electrons. The molecule has 3 heterocycles. The maximum atomic E-state index is 13.0. The van der Waals surface area contributed by atoms with Gasteiger partial charge >= 0.3 is 5.97 Å². The number of hydrogen-bond donors (Lipinski definition) is 2. The molecule has 0 aliphatic carbocycles. The van der Waals surface area contributed by atoms with Crippen molar-refractivity contribution in [2.45, 2.75) is 65.5 Å². The SMILES string of the molecule is CCC(C)C(NC(=O)c1sc2nc3n(c(=O)c2c1C)CCCCC3)C(=O)O. The molecule has 7 nitrogen and oxygen atoms in total. The first-order chi connectivity index (χ1) is 12.8. The fraction of sp³-hybridized carbons (Fsp3) is 0.579. The van der Waals surface area contributed by atoms with Crippen LogP contribution in [0.4, 0.5) is 0 Å². The molecule has 2 N–H and O–H groups in total. The Kier molecular flexibility index (Phi) is 5.64. The van der Waals surface area contributed by atoms with Crippen molar-refractivity contribution >= 4 is 33.4 Å². The molecule has 0 fully saturated rings. The molecule has 0 saturated heterocycles. The van der Waals surface area contributed by atoms with E-state index in [1.807, 2.05) is 6.92 Å².